The van der Waals surface area contributed by atoms with Crippen molar-refractivity contribution in [3.63, 3.8) is 0 Å². The Morgan fingerprint density at radius 1 is 1.43 bits per heavy atom. The predicted molar refractivity (Wildman–Crippen MR) is 49.9 cm³/mol. The van der Waals surface area contributed by atoms with Crippen LogP contribution in [0.15, 0.2) is 6.07 Å². The number of thiazole rings is 1. The van der Waals surface area contributed by atoms with E-state index in [2.05, 4.69) is 4.98 Å². The molecule has 0 atom stereocenters. The summed E-state index contributed by atoms with van der Waals surface area (Å²) in [5, 5.41) is 8.93. The van der Waals surface area contributed by atoms with E-state index in [0.29, 0.717) is 4.70 Å². The van der Waals surface area contributed by atoms with Crippen molar-refractivity contribution in [2.24, 2.45) is 0 Å². The first-order valence-electron chi connectivity index (χ1n) is 3.77. The molecule has 0 fully saturated rings. The summed E-state index contributed by atoms with van der Waals surface area (Å²) < 4.78 is 26.8. The topological polar surface area (TPSA) is 59.1 Å². The molecule has 74 valence electrons. The van der Waals surface area contributed by atoms with Crippen LogP contribution in [0.4, 0.5) is 13.9 Å². The third-order valence-electron chi connectivity index (χ3n) is 1.83. The molecule has 0 saturated heterocycles. The van der Waals surface area contributed by atoms with Gasteiger partial charge in [-0.2, -0.15) is 0 Å². The lowest BCUT2D eigenvalue weighted by Crippen LogP contribution is -1.94. The van der Waals surface area contributed by atoms with Gasteiger partial charge >= 0.3 is 0 Å². The molecule has 14 heavy (non-hydrogen) atoms. The summed E-state index contributed by atoms with van der Waals surface area (Å²) in [6.07, 6.45) is 0. The van der Waals surface area contributed by atoms with E-state index in [4.69, 9.17) is 10.8 Å². The van der Waals surface area contributed by atoms with Crippen LogP contribution in [0.2, 0.25) is 0 Å². The van der Waals surface area contributed by atoms with Gasteiger partial charge in [0.05, 0.1) is 11.3 Å². The van der Waals surface area contributed by atoms with Crippen molar-refractivity contribution in [1.82, 2.24) is 4.98 Å². The summed E-state index contributed by atoms with van der Waals surface area (Å²) in [6.45, 7) is -0.545. The van der Waals surface area contributed by atoms with Gasteiger partial charge in [0.25, 0.3) is 0 Å². The molecule has 0 radical (unpaired) electrons. The molecule has 3 N–H and O–H groups in total. The molecule has 2 aromatic rings. The molecule has 6 heteroatoms. The van der Waals surface area contributed by atoms with Crippen LogP contribution >= 0.6 is 11.3 Å². The normalized spacial score (nSPS) is 11.1. The van der Waals surface area contributed by atoms with Crippen molar-refractivity contribution in [2.75, 3.05) is 5.73 Å². The first kappa shape index (κ1) is 9.29. The number of nitrogens with two attached hydrogens (primary N) is 1. The summed E-state index contributed by atoms with van der Waals surface area (Å²) in [6, 6.07) is 1.35. The average molecular weight is 216 g/mol. The molecule has 0 amide bonds. The number of hydrogen-bond acceptors (Lipinski definition) is 4. The zero-order valence-corrected chi connectivity index (χ0v) is 7.74. The minimum Gasteiger partial charge on any atom is -0.392 e. The number of nitrogen functional groups attached to an aromatic ring is 1. The number of anilines is 1. The van der Waals surface area contributed by atoms with Gasteiger partial charge in [-0.3, -0.25) is 0 Å². The third-order valence-corrected chi connectivity index (χ3v) is 2.66. The number of nitrogens with zero attached hydrogens (tertiary/aromatic N) is 1. The number of halogens is 2. The van der Waals surface area contributed by atoms with Gasteiger partial charge in [-0.25, -0.2) is 13.8 Å². The van der Waals surface area contributed by atoms with Crippen LogP contribution in [0, 0.1) is 11.6 Å². The second-order valence-electron chi connectivity index (χ2n) is 2.72. The number of aromatic nitrogens is 1. The molecule has 0 unspecified atom stereocenters. The van der Waals surface area contributed by atoms with Crippen LogP contribution in [-0.4, -0.2) is 10.1 Å². The Kier molecular flexibility index (Phi) is 2.09. The summed E-state index contributed by atoms with van der Waals surface area (Å²) in [5.74, 6) is -2.12. The van der Waals surface area contributed by atoms with Crippen LogP contribution in [-0.2, 0) is 6.61 Å². The van der Waals surface area contributed by atoms with Gasteiger partial charge in [0.2, 0.25) is 0 Å². The standard InChI is InChI=1S/C8H6F2N2OS/c9-5-3(2-13)1-4-7(6(5)10)12-8(11)14-4/h1,13H,2H2,(H2,11,12). The molecule has 0 aliphatic carbocycles. The van der Waals surface area contributed by atoms with Crippen molar-refractivity contribution >= 4 is 26.7 Å². The molecule has 0 spiro atoms. The second-order valence-corrected chi connectivity index (χ2v) is 3.78. The Labute approximate surface area is 81.8 Å². The second kappa shape index (κ2) is 3.14. The van der Waals surface area contributed by atoms with E-state index < -0.39 is 18.2 Å². The number of benzene rings is 1. The van der Waals surface area contributed by atoms with Crippen molar-refractivity contribution in [3.05, 3.63) is 23.3 Å². The minimum atomic E-state index is -1.06. The first-order valence-corrected chi connectivity index (χ1v) is 4.59. The Bertz CT molecular complexity index is 498. The van der Waals surface area contributed by atoms with E-state index in [1.807, 2.05) is 0 Å². The Hall–Kier alpha value is -1.27. The molecule has 1 aromatic carbocycles. The molecule has 2 rings (SSSR count). The molecule has 0 saturated carbocycles. The van der Waals surface area contributed by atoms with Crippen molar-refractivity contribution < 1.29 is 13.9 Å². The van der Waals surface area contributed by atoms with E-state index in [0.717, 1.165) is 11.3 Å². The molecule has 1 heterocycles. The maximum absolute atomic E-state index is 13.3. The van der Waals surface area contributed by atoms with E-state index >= 15 is 0 Å². The first-order chi connectivity index (χ1) is 6.63. The van der Waals surface area contributed by atoms with Crippen LogP contribution in [0.5, 0.6) is 0 Å². The van der Waals surface area contributed by atoms with Crippen LogP contribution in [0.3, 0.4) is 0 Å². The van der Waals surface area contributed by atoms with Crippen LogP contribution in [0.1, 0.15) is 5.56 Å². The zero-order chi connectivity index (χ0) is 10.3. The Morgan fingerprint density at radius 3 is 2.79 bits per heavy atom. The smallest absolute Gasteiger partial charge is 0.186 e. The van der Waals surface area contributed by atoms with E-state index in [-0.39, 0.29) is 16.2 Å². The third kappa shape index (κ3) is 1.23. The quantitative estimate of drug-likeness (QED) is 0.762. The Morgan fingerprint density at radius 2 is 2.14 bits per heavy atom. The van der Waals surface area contributed by atoms with E-state index in [9.17, 15) is 8.78 Å². The lowest BCUT2D eigenvalue weighted by Gasteiger charge is -1.99. The van der Waals surface area contributed by atoms with Crippen LogP contribution in [0.25, 0.3) is 10.2 Å². The fourth-order valence-electron chi connectivity index (χ4n) is 1.19. The van der Waals surface area contributed by atoms with Gasteiger partial charge in [0.15, 0.2) is 16.8 Å². The summed E-state index contributed by atoms with van der Waals surface area (Å²) in [7, 11) is 0. The molecular weight excluding hydrogens is 210 g/mol. The van der Waals surface area contributed by atoms with Gasteiger partial charge in [-0.15, -0.1) is 0 Å². The molecule has 0 bridgehead atoms. The van der Waals surface area contributed by atoms with Crippen LogP contribution < -0.4 is 5.73 Å². The minimum absolute atomic E-state index is 0.0813. The number of rotatable bonds is 1. The number of hydrogen-bond donors (Lipinski definition) is 2. The summed E-state index contributed by atoms with van der Waals surface area (Å²) >= 11 is 1.05. The monoisotopic (exact) mass is 216 g/mol. The fourth-order valence-corrected chi connectivity index (χ4v) is 1.98. The largest absolute Gasteiger partial charge is 0.392 e. The van der Waals surface area contributed by atoms with Gasteiger partial charge in [-0.1, -0.05) is 11.3 Å². The SMILES string of the molecule is Nc1nc2c(F)c(F)c(CO)cc2s1. The van der Waals surface area contributed by atoms with Crippen molar-refractivity contribution in [3.8, 4) is 0 Å². The fraction of sp³-hybridized carbons (Fsp3) is 0.125. The highest BCUT2D eigenvalue weighted by atomic mass is 32.1. The lowest BCUT2D eigenvalue weighted by atomic mass is 10.2. The van der Waals surface area contributed by atoms with Crippen molar-refractivity contribution in [1.29, 1.82) is 0 Å². The summed E-state index contributed by atoms with van der Waals surface area (Å²) in [4.78, 5) is 3.65. The zero-order valence-electron chi connectivity index (χ0n) is 6.92. The highest BCUT2D eigenvalue weighted by molar-refractivity contribution is 7.22. The average Bonchev–Trinajstić information content (AvgIpc) is 2.52. The highest BCUT2D eigenvalue weighted by Gasteiger charge is 2.15. The molecule has 0 aliphatic rings. The summed E-state index contributed by atoms with van der Waals surface area (Å²) in [5.41, 5.74) is 5.19. The van der Waals surface area contributed by atoms with Gasteiger partial charge in [-0.05, 0) is 6.07 Å². The number of aliphatic hydroxyl groups is 1. The number of aliphatic hydroxyl groups excluding tert-OH is 1. The van der Waals surface area contributed by atoms with E-state index in [1.54, 1.807) is 0 Å². The molecule has 0 aliphatic heterocycles. The van der Waals surface area contributed by atoms with Gasteiger partial charge in [0.1, 0.15) is 5.52 Å². The molecule has 3 nitrogen and oxygen atoms in total. The highest BCUT2D eigenvalue weighted by Crippen LogP contribution is 2.29. The van der Waals surface area contributed by atoms with Crippen molar-refractivity contribution in [2.45, 2.75) is 6.61 Å². The molecule has 1 aromatic heterocycles. The van der Waals surface area contributed by atoms with Gasteiger partial charge in [0, 0.05) is 5.56 Å². The van der Waals surface area contributed by atoms with E-state index in [1.165, 1.54) is 6.07 Å². The predicted octanol–water partition coefficient (Wildman–Crippen LogP) is 1.65. The molecular formula is C8H6F2N2OS. The Balaban J connectivity index is 2.84. The maximum atomic E-state index is 13.3. The van der Waals surface area contributed by atoms with Gasteiger partial charge < -0.3 is 10.8 Å². The number of fused-ring (bicyclic) bond motifs is 1. The lowest BCUT2D eigenvalue weighted by molar-refractivity contribution is 0.274. The maximum Gasteiger partial charge on any atom is 0.186 e.